The van der Waals surface area contributed by atoms with E-state index >= 15 is 0 Å². The number of hydrogen-bond acceptors (Lipinski definition) is 1. The molecule has 3 rings (SSSR count). The molecule has 0 aliphatic heterocycles. The van der Waals surface area contributed by atoms with E-state index in [2.05, 4.69) is 91.0 Å². The summed E-state index contributed by atoms with van der Waals surface area (Å²) in [4.78, 5) is 0. The van der Waals surface area contributed by atoms with Gasteiger partial charge in [0.2, 0.25) is 0 Å². The van der Waals surface area contributed by atoms with Crippen molar-refractivity contribution in [2.45, 2.75) is 19.4 Å². The van der Waals surface area contributed by atoms with Crippen LogP contribution in [0.1, 0.15) is 22.3 Å². The van der Waals surface area contributed by atoms with Crippen LogP contribution in [0.2, 0.25) is 0 Å². The summed E-state index contributed by atoms with van der Waals surface area (Å²) in [6, 6.07) is 29.8. The molecule has 1 nitrogen and oxygen atoms in total. The molecule has 0 unspecified atom stereocenters. The van der Waals surface area contributed by atoms with Crippen LogP contribution in [0, 0.1) is 0 Å². The highest BCUT2D eigenvalue weighted by molar-refractivity contribution is 5.68. The van der Waals surface area contributed by atoms with E-state index in [0.29, 0.717) is 6.54 Å². The molecule has 2 N–H and O–H groups in total. The standard InChI is InChI=1S/C23H23N/c24-18-21-12-14-22(15-13-21)23(17-20-9-5-2-6-10-20)16-11-19-7-3-1-4-8-19/h1-10,12-16H,11,17-18,24H2/b23-16-. The summed E-state index contributed by atoms with van der Waals surface area (Å²) in [7, 11) is 0. The fourth-order valence-corrected chi connectivity index (χ4v) is 2.82. The van der Waals surface area contributed by atoms with Gasteiger partial charge in [-0.2, -0.15) is 0 Å². The topological polar surface area (TPSA) is 26.0 Å². The van der Waals surface area contributed by atoms with Crippen LogP contribution in [0.25, 0.3) is 5.57 Å². The third-order valence-corrected chi connectivity index (χ3v) is 4.22. The molecule has 0 saturated heterocycles. The van der Waals surface area contributed by atoms with Gasteiger partial charge in [0.1, 0.15) is 0 Å². The van der Waals surface area contributed by atoms with E-state index in [1.807, 2.05) is 0 Å². The SMILES string of the molecule is NCc1ccc(/C(=C\Cc2ccccc2)Cc2ccccc2)cc1. The maximum Gasteiger partial charge on any atom is 0.0178 e. The number of nitrogens with two attached hydrogens (primary N) is 1. The minimum atomic E-state index is 0.585. The lowest BCUT2D eigenvalue weighted by molar-refractivity contribution is 1.07. The van der Waals surface area contributed by atoms with Gasteiger partial charge in [0.15, 0.2) is 0 Å². The van der Waals surface area contributed by atoms with Crippen molar-refractivity contribution in [3.8, 4) is 0 Å². The van der Waals surface area contributed by atoms with Crippen molar-refractivity contribution < 1.29 is 0 Å². The van der Waals surface area contributed by atoms with Crippen molar-refractivity contribution in [1.82, 2.24) is 0 Å². The lowest BCUT2D eigenvalue weighted by Gasteiger charge is -2.10. The van der Waals surface area contributed by atoms with Gasteiger partial charge in [-0.15, -0.1) is 0 Å². The van der Waals surface area contributed by atoms with Crippen LogP contribution in [0.3, 0.4) is 0 Å². The molecule has 3 aromatic rings. The monoisotopic (exact) mass is 313 g/mol. The van der Waals surface area contributed by atoms with Gasteiger partial charge >= 0.3 is 0 Å². The summed E-state index contributed by atoms with van der Waals surface area (Å²) in [6.07, 6.45) is 4.23. The quantitative estimate of drug-likeness (QED) is 0.680. The first-order chi connectivity index (χ1) is 11.8. The Morgan fingerprint density at radius 2 is 1.25 bits per heavy atom. The van der Waals surface area contributed by atoms with Crippen LogP contribution in [0.15, 0.2) is 91.0 Å². The highest BCUT2D eigenvalue weighted by Gasteiger charge is 2.04. The smallest absolute Gasteiger partial charge is 0.0178 e. The Balaban J connectivity index is 1.87. The van der Waals surface area contributed by atoms with E-state index < -0.39 is 0 Å². The second-order valence-corrected chi connectivity index (χ2v) is 5.98. The molecular weight excluding hydrogens is 290 g/mol. The summed E-state index contributed by atoms with van der Waals surface area (Å²) < 4.78 is 0. The Morgan fingerprint density at radius 1 is 0.667 bits per heavy atom. The molecule has 0 aliphatic carbocycles. The predicted octanol–water partition coefficient (Wildman–Crippen LogP) is 5.01. The van der Waals surface area contributed by atoms with E-state index in [-0.39, 0.29) is 0 Å². The van der Waals surface area contributed by atoms with Crippen LogP contribution in [0.4, 0.5) is 0 Å². The molecule has 1 heteroatoms. The Kier molecular flexibility index (Phi) is 5.60. The maximum absolute atomic E-state index is 5.72. The maximum atomic E-state index is 5.72. The minimum Gasteiger partial charge on any atom is -0.326 e. The Morgan fingerprint density at radius 3 is 1.83 bits per heavy atom. The summed E-state index contributed by atoms with van der Waals surface area (Å²) >= 11 is 0. The summed E-state index contributed by atoms with van der Waals surface area (Å²) in [5.41, 5.74) is 12.2. The minimum absolute atomic E-state index is 0.585. The van der Waals surface area contributed by atoms with Gasteiger partial charge in [0.05, 0.1) is 0 Å². The predicted molar refractivity (Wildman–Crippen MR) is 103 cm³/mol. The third kappa shape index (κ3) is 4.43. The summed E-state index contributed by atoms with van der Waals surface area (Å²) in [6.45, 7) is 0.585. The molecule has 0 atom stereocenters. The normalized spacial score (nSPS) is 11.5. The van der Waals surface area contributed by atoms with Crippen molar-refractivity contribution in [3.63, 3.8) is 0 Å². The van der Waals surface area contributed by atoms with Crippen molar-refractivity contribution in [2.24, 2.45) is 5.73 Å². The van der Waals surface area contributed by atoms with E-state index in [0.717, 1.165) is 12.8 Å². The van der Waals surface area contributed by atoms with Gasteiger partial charge in [-0.05, 0) is 40.7 Å². The number of rotatable bonds is 6. The molecule has 3 aromatic carbocycles. The van der Waals surface area contributed by atoms with E-state index in [1.54, 1.807) is 0 Å². The molecule has 0 saturated carbocycles. The van der Waals surface area contributed by atoms with Crippen LogP contribution >= 0.6 is 0 Å². The zero-order valence-electron chi connectivity index (χ0n) is 13.9. The Hall–Kier alpha value is -2.64. The van der Waals surface area contributed by atoms with Crippen molar-refractivity contribution >= 4 is 5.57 Å². The van der Waals surface area contributed by atoms with Crippen LogP contribution in [-0.2, 0) is 19.4 Å². The first kappa shape index (κ1) is 16.2. The molecule has 0 heterocycles. The van der Waals surface area contributed by atoms with Gasteiger partial charge in [0, 0.05) is 6.54 Å². The van der Waals surface area contributed by atoms with Crippen molar-refractivity contribution in [3.05, 3.63) is 113 Å². The van der Waals surface area contributed by atoms with Gasteiger partial charge in [-0.3, -0.25) is 0 Å². The van der Waals surface area contributed by atoms with Gasteiger partial charge in [-0.25, -0.2) is 0 Å². The third-order valence-electron chi connectivity index (χ3n) is 4.22. The highest BCUT2D eigenvalue weighted by atomic mass is 14.5. The average molecular weight is 313 g/mol. The van der Waals surface area contributed by atoms with Crippen molar-refractivity contribution in [1.29, 1.82) is 0 Å². The highest BCUT2D eigenvalue weighted by Crippen LogP contribution is 2.21. The fraction of sp³-hybridized carbons (Fsp3) is 0.130. The fourth-order valence-electron chi connectivity index (χ4n) is 2.82. The van der Waals surface area contributed by atoms with Gasteiger partial charge < -0.3 is 5.73 Å². The second kappa shape index (κ2) is 8.28. The van der Waals surface area contributed by atoms with E-state index in [1.165, 1.54) is 27.8 Å². The van der Waals surface area contributed by atoms with Crippen LogP contribution < -0.4 is 5.73 Å². The Bertz CT molecular complexity index is 771. The van der Waals surface area contributed by atoms with Gasteiger partial charge in [-0.1, -0.05) is 91.0 Å². The molecule has 0 radical (unpaired) electrons. The zero-order valence-corrected chi connectivity index (χ0v) is 13.9. The van der Waals surface area contributed by atoms with E-state index in [4.69, 9.17) is 5.73 Å². The molecule has 0 aliphatic rings. The number of hydrogen-bond donors (Lipinski definition) is 1. The lowest BCUT2D eigenvalue weighted by atomic mass is 9.95. The van der Waals surface area contributed by atoms with Crippen molar-refractivity contribution in [2.75, 3.05) is 0 Å². The second-order valence-electron chi connectivity index (χ2n) is 5.98. The molecule has 120 valence electrons. The molecule has 0 fully saturated rings. The van der Waals surface area contributed by atoms with Gasteiger partial charge in [0.25, 0.3) is 0 Å². The zero-order chi connectivity index (χ0) is 16.6. The molecule has 0 aromatic heterocycles. The number of benzene rings is 3. The van der Waals surface area contributed by atoms with Crippen LogP contribution in [-0.4, -0.2) is 0 Å². The lowest BCUT2D eigenvalue weighted by Crippen LogP contribution is -1.97. The first-order valence-corrected chi connectivity index (χ1v) is 8.41. The molecular formula is C23H23N. The van der Waals surface area contributed by atoms with Crippen LogP contribution in [0.5, 0.6) is 0 Å². The molecule has 0 spiro atoms. The Labute approximate surface area is 144 Å². The number of allylic oxidation sites excluding steroid dienone is 2. The first-order valence-electron chi connectivity index (χ1n) is 8.41. The molecule has 24 heavy (non-hydrogen) atoms. The summed E-state index contributed by atoms with van der Waals surface area (Å²) in [5, 5.41) is 0. The summed E-state index contributed by atoms with van der Waals surface area (Å²) in [5.74, 6) is 0. The largest absolute Gasteiger partial charge is 0.326 e. The molecule has 0 bridgehead atoms. The van der Waals surface area contributed by atoms with E-state index in [9.17, 15) is 0 Å². The molecule has 0 amide bonds. The average Bonchev–Trinajstić information content (AvgIpc) is 2.67.